The van der Waals surface area contributed by atoms with Gasteiger partial charge in [-0.1, -0.05) is 6.92 Å². The molecule has 1 aliphatic heterocycles. The molecule has 2 aromatic rings. The molecule has 0 radical (unpaired) electrons. The highest BCUT2D eigenvalue weighted by molar-refractivity contribution is 5.96. The standard InChI is InChI=1S/C24H35N7O2/c1-3-20-23(26-17-6-10-19(32)11-7-17)29-24(21(28-20)22(25)33)27-16-4-8-18(9-5-16)31-14-12-30(2)13-15-31/h4-5,8-9,17,19,32H,3,6-7,10-15H2,1-2H3,(H2,25,33)(H2,26,27,29). The Morgan fingerprint density at radius 1 is 1.06 bits per heavy atom. The molecule has 2 aliphatic rings. The van der Waals surface area contributed by atoms with Crippen LogP contribution in [0.5, 0.6) is 0 Å². The van der Waals surface area contributed by atoms with Crippen molar-refractivity contribution in [1.82, 2.24) is 14.9 Å². The molecule has 2 heterocycles. The Morgan fingerprint density at radius 3 is 2.33 bits per heavy atom. The molecule has 1 saturated heterocycles. The summed E-state index contributed by atoms with van der Waals surface area (Å²) in [7, 11) is 2.15. The third-order valence-electron chi connectivity index (χ3n) is 6.57. The lowest BCUT2D eigenvalue weighted by atomic mass is 9.93. The fourth-order valence-corrected chi connectivity index (χ4v) is 4.46. The molecule has 1 aromatic heterocycles. The third kappa shape index (κ3) is 5.72. The van der Waals surface area contributed by atoms with Crippen molar-refractivity contribution < 1.29 is 9.90 Å². The Morgan fingerprint density at radius 2 is 1.73 bits per heavy atom. The second-order valence-corrected chi connectivity index (χ2v) is 9.05. The van der Waals surface area contributed by atoms with E-state index < -0.39 is 5.91 Å². The van der Waals surface area contributed by atoms with Crippen molar-refractivity contribution in [2.75, 3.05) is 48.8 Å². The Balaban J connectivity index is 1.53. The number of benzene rings is 1. The van der Waals surface area contributed by atoms with Gasteiger partial charge in [-0.15, -0.1) is 0 Å². The van der Waals surface area contributed by atoms with Crippen LogP contribution in [0.1, 0.15) is 48.8 Å². The van der Waals surface area contributed by atoms with Crippen LogP contribution >= 0.6 is 0 Å². The van der Waals surface area contributed by atoms with Gasteiger partial charge in [-0.3, -0.25) is 4.79 Å². The summed E-state index contributed by atoms with van der Waals surface area (Å²) >= 11 is 0. The number of aliphatic hydroxyl groups is 1. The van der Waals surface area contributed by atoms with Gasteiger partial charge in [0.05, 0.1) is 11.8 Å². The number of piperazine rings is 1. The van der Waals surface area contributed by atoms with Crippen LogP contribution in [-0.2, 0) is 6.42 Å². The summed E-state index contributed by atoms with van der Waals surface area (Å²) in [6.45, 7) is 6.10. The zero-order chi connectivity index (χ0) is 23.4. The van der Waals surface area contributed by atoms with E-state index in [1.54, 1.807) is 0 Å². The maximum atomic E-state index is 12.1. The van der Waals surface area contributed by atoms with Gasteiger partial charge in [-0.25, -0.2) is 9.97 Å². The van der Waals surface area contributed by atoms with E-state index in [0.29, 0.717) is 23.8 Å². The Hall–Kier alpha value is -2.91. The van der Waals surface area contributed by atoms with Gasteiger partial charge in [0, 0.05) is 43.6 Å². The van der Waals surface area contributed by atoms with Crippen molar-refractivity contribution in [2.24, 2.45) is 5.73 Å². The lowest BCUT2D eigenvalue weighted by molar-refractivity contribution is 0.0996. The number of anilines is 4. The summed E-state index contributed by atoms with van der Waals surface area (Å²) in [6.07, 6.45) is 3.71. The molecular weight excluding hydrogens is 418 g/mol. The van der Waals surface area contributed by atoms with Crippen molar-refractivity contribution in [3.63, 3.8) is 0 Å². The number of nitrogens with one attached hydrogen (secondary N) is 2. The number of aryl methyl sites for hydroxylation is 1. The minimum atomic E-state index is -0.610. The molecule has 5 N–H and O–H groups in total. The largest absolute Gasteiger partial charge is 0.393 e. The van der Waals surface area contributed by atoms with Crippen LogP contribution < -0.4 is 21.3 Å². The molecule has 1 saturated carbocycles. The lowest BCUT2D eigenvalue weighted by Gasteiger charge is -2.34. The molecule has 178 valence electrons. The number of aromatic nitrogens is 2. The molecule has 9 nitrogen and oxygen atoms in total. The number of amides is 1. The predicted octanol–water partition coefficient (Wildman–Crippen LogP) is 2.35. The van der Waals surface area contributed by atoms with Gasteiger partial charge in [0.15, 0.2) is 11.5 Å². The van der Waals surface area contributed by atoms with Gasteiger partial charge < -0.3 is 31.3 Å². The van der Waals surface area contributed by atoms with E-state index in [1.807, 2.05) is 19.1 Å². The number of hydrogen-bond acceptors (Lipinski definition) is 8. The highest BCUT2D eigenvalue weighted by atomic mass is 16.3. The van der Waals surface area contributed by atoms with Gasteiger partial charge in [-0.2, -0.15) is 0 Å². The van der Waals surface area contributed by atoms with E-state index in [9.17, 15) is 9.90 Å². The van der Waals surface area contributed by atoms with E-state index in [2.05, 4.69) is 44.6 Å². The van der Waals surface area contributed by atoms with Crippen molar-refractivity contribution in [2.45, 2.75) is 51.2 Å². The molecule has 0 bridgehead atoms. The SMILES string of the molecule is CCc1nc(C(N)=O)c(Nc2ccc(N3CCN(C)CC3)cc2)nc1NC1CCC(O)CC1. The number of rotatable bonds is 7. The van der Waals surface area contributed by atoms with Crippen LogP contribution in [0.4, 0.5) is 23.0 Å². The van der Waals surface area contributed by atoms with Gasteiger partial charge in [0.1, 0.15) is 5.82 Å². The molecule has 1 amide bonds. The Kier molecular flexibility index (Phi) is 7.29. The molecule has 2 fully saturated rings. The lowest BCUT2D eigenvalue weighted by Crippen LogP contribution is -2.44. The zero-order valence-corrected chi connectivity index (χ0v) is 19.5. The zero-order valence-electron chi connectivity index (χ0n) is 19.5. The quantitative estimate of drug-likeness (QED) is 0.504. The monoisotopic (exact) mass is 453 g/mol. The van der Waals surface area contributed by atoms with Crippen LogP contribution in [-0.4, -0.2) is 71.3 Å². The molecule has 0 unspecified atom stereocenters. The third-order valence-corrected chi connectivity index (χ3v) is 6.57. The number of nitrogens with zero attached hydrogens (tertiary/aromatic N) is 4. The summed E-state index contributed by atoms with van der Waals surface area (Å²) in [5, 5.41) is 16.5. The van der Waals surface area contributed by atoms with Crippen LogP contribution in [0.25, 0.3) is 0 Å². The van der Waals surface area contributed by atoms with Crippen molar-refractivity contribution in [3.8, 4) is 0 Å². The van der Waals surface area contributed by atoms with Crippen molar-refractivity contribution in [3.05, 3.63) is 35.7 Å². The molecular formula is C24H35N7O2. The first kappa shape index (κ1) is 23.3. The van der Waals surface area contributed by atoms with Gasteiger partial charge in [0.25, 0.3) is 5.91 Å². The number of nitrogens with two attached hydrogens (primary N) is 1. The maximum absolute atomic E-state index is 12.1. The molecule has 0 atom stereocenters. The Bertz CT molecular complexity index is 950. The highest BCUT2D eigenvalue weighted by Crippen LogP contribution is 2.27. The fourth-order valence-electron chi connectivity index (χ4n) is 4.46. The first-order valence-corrected chi connectivity index (χ1v) is 11.9. The smallest absolute Gasteiger partial charge is 0.271 e. The molecule has 1 aliphatic carbocycles. The summed E-state index contributed by atoms with van der Waals surface area (Å²) < 4.78 is 0. The normalized spacial score (nSPS) is 21.6. The molecule has 33 heavy (non-hydrogen) atoms. The maximum Gasteiger partial charge on any atom is 0.271 e. The van der Waals surface area contributed by atoms with E-state index in [1.165, 1.54) is 5.69 Å². The van der Waals surface area contributed by atoms with Crippen LogP contribution in [0.2, 0.25) is 0 Å². The number of likely N-dealkylation sites (N-methyl/N-ethyl adjacent to an activating group) is 1. The summed E-state index contributed by atoms with van der Waals surface area (Å²) in [4.78, 5) is 26.1. The molecule has 0 spiro atoms. The van der Waals surface area contributed by atoms with E-state index >= 15 is 0 Å². The number of aliphatic hydroxyl groups excluding tert-OH is 1. The van der Waals surface area contributed by atoms with Crippen molar-refractivity contribution >= 4 is 28.9 Å². The van der Waals surface area contributed by atoms with Crippen molar-refractivity contribution in [1.29, 1.82) is 0 Å². The second kappa shape index (κ2) is 10.4. The second-order valence-electron chi connectivity index (χ2n) is 9.05. The fraction of sp³-hybridized carbons (Fsp3) is 0.542. The van der Waals surface area contributed by atoms with Gasteiger partial charge >= 0.3 is 0 Å². The molecule has 9 heteroatoms. The van der Waals surface area contributed by atoms with Gasteiger partial charge in [-0.05, 0) is 63.4 Å². The molecule has 1 aromatic carbocycles. The summed E-state index contributed by atoms with van der Waals surface area (Å²) in [5.74, 6) is 0.409. The average molecular weight is 454 g/mol. The van der Waals surface area contributed by atoms with Gasteiger partial charge in [0.2, 0.25) is 0 Å². The minimum absolute atomic E-state index is 0.139. The summed E-state index contributed by atoms with van der Waals surface area (Å²) in [5.41, 5.74) is 8.49. The average Bonchev–Trinajstić information content (AvgIpc) is 2.81. The minimum Gasteiger partial charge on any atom is -0.393 e. The Labute approximate surface area is 195 Å². The molecule has 4 rings (SSSR count). The van der Waals surface area contributed by atoms with E-state index in [0.717, 1.165) is 57.5 Å². The van der Waals surface area contributed by atoms with Crippen LogP contribution in [0.3, 0.4) is 0 Å². The predicted molar refractivity (Wildman–Crippen MR) is 131 cm³/mol. The number of carbonyl (C=O) groups excluding carboxylic acids is 1. The number of hydrogen-bond donors (Lipinski definition) is 4. The highest BCUT2D eigenvalue weighted by Gasteiger charge is 2.23. The first-order valence-electron chi connectivity index (χ1n) is 11.9. The number of carbonyl (C=O) groups is 1. The van der Waals surface area contributed by atoms with Crippen LogP contribution in [0.15, 0.2) is 24.3 Å². The first-order chi connectivity index (χ1) is 15.9. The van der Waals surface area contributed by atoms with E-state index in [4.69, 9.17) is 10.7 Å². The number of primary amides is 1. The van der Waals surface area contributed by atoms with Crippen LogP contribution in [0, 0.1) is 0 Å². The van der Waals surface area contributed by atoms with E-state index in [-0.39, 0.29) is 17.8 Å². The summed E-state index contributed by atoms with van der Waals surface area (Å²) in [6, 6.07) is 8.37. The topological polar surface area (TPSA) is 120 Å².